The molecule has 0 fully saturated rings. The summed E-state index contributed by atoms with van der Waals surface area (Å²) in [5.41, 5.74) is 0. The van der Waals surface area contributed by atoms with Crippen LogP contribution in [0, 0.1) is 0 Å². The number of sulfone groups is 1. The monoisotopic (exact) mass is 375 g/mol. The third-order valence-corrected chi connectivity index (χ3v) is 6.12. The number of ether oxygens (including phenoxy) is 1. The van der Waals surface area contributed by atoms with Crippen molar-refractivity contribution in [1.29, 1.82) is 0 Å². The Balaban J connectivity index is 2.03. The van der Waals surface area contributed by atoms with Gasteiger partial charge in [-0.1, -0.05) is 42.0 Å². The van der Waals surface area contributed by atoms with Crippen LogP contribution in [0.2, 0.25) is 5.02 Å². The molecule has 1 N–H and O–H groups in total. The van der Waals surface area contributed by atoms with Crippen molar-refractivity contribution in [3.05, 3.63) is 29.3 Å². The Hall–Kier alpha value is -1.71. The van der Waals surface area contributed by atoms with Crippen molar-refractivity contribution in [3.8, 4) is 5.75 Å². The van der Waals surface area contributed by atoms with E-state index in [-0.39, 0.29) is 15.2 Å². The fourth-order valence-electron chi connectivity index (χ4n) is 1.50. The van der Waals surface area contributed by atoms with Crippen molar-refractivity contribution in [2.24, 2.45) is 0 Å². The number of nitrogens with zero attached hydrogens (tertiary/aromatic N) is 2. The molecule has 0 aliphatic carbocycles. The molecule has 10 heteroatoms. The van der Waals surface area contributed by atoms with E-state index in [1.807, 2.05) is 0 Å². The minimum Gasteiger partial charge on any atom is -0.479 e. The maximum absolute atomic E-state index is 12.1. The second-order valence-electron chi connectivity index (χ2n) is 4.46. The van der Waals surface area contributed by atoms with E-state index in [0.29, 0.717) is 10.8 Å². The molecule has 1 amide bonds. The average Bonchev–Trinajstić information content (AvgIpc) is 2.98. The lowest BCUT2D eigenvalue weighted by Gasteiger charge is -2.14. The summed E-state index contributed by atoms with van der Waals surface area (Å²) in [5, 5.41) is 10.2. The van der Waals surface area contributed by atoms with Crippen LogP contribution in [0.5, 0.6) is 5.75 Å². The van der Waals surface area contributed by atoms with Crippen LogP contribution in [0.4, 0.5) is 5.13 Å². The Morgan fingerprint density at radius 2 is 2.09 bits per heavy atom. The van der Waals surface area contributed by atoms with Crippen LogP contribution in [0.3, 0.4) is 0 Å². The highest BCUT2D eigenvalue weighted by Gasteiger charge is 2.21. The number of aromatic nitrogens is 2. The first kappa shape index (κ1) is 17.6. The zero-order valence-electron chi connectivity index (χ0n) is 12.3. The third kappa shape index (κ3) is 4.40. The van der Waals surface area contributed by atoms with Gasteiger partial charge in [0, 0.05) is 0 Å². The zero-order valence-corrected chi connectivity index (χ0v) is 14.7. The molecule has 0 saturated heterocycles. The first-order valence-corrected chi connectivity index (χ1v) is 9.46. The van der Waals surface area contributed by atoms with E-state index in [1.165, 1.54) is 6.92 Å². The molecule has 1 unspecified atom stereocenters. The molecule has 23 heavy (non-hydrogen) atoms. The number of hydrogen-bond donors (Lipinski definition) is 1. The fourth-order valence-corrected chi connectivity index (χ4v) is 3.67. The van der Waals surface area contributed by atoms with Gasteiger partial charge < -0.3 is 4.74 Å². The largest absolute Gasteiger partial charge is 0.479 e. The predicted molar refractivity (Wildman–Crippen MR) is 87.8 cm³/mol. The van der Waals surface area contributed by atoms with Crippen LogP contribution in [0.25, 0.3) is 0 Å². The number of para-hydroxylation sites is 1. The van der Waals surface area contributed by atoms with Crippen LogP contribution in [-0.2, 0) is 14.6 Å². The molecule has 0 saturated carbocycles. The second-order valence-corrected chi connectivity index (χ2v) is 8.29. The molecule has 124 valence electrons. The number of anilines is 1. The molecule has 0 radical (unpaired) electrons. The van der Waals surface area contributed by atoms with Crippen molar-refractivity contribution in [3.63, 3.8) is 0 Å². The molecule has 1 atom stereocenters. The van der Waals surface area contributed by atoms with Gasteiger partial charge in [-0.2, -0.15) is 0 Å². The number of carbonyl (C=O) groups excluding carboxylic acids is 1. The highest BCUT2D eigenvalue weighted by atomic mass is 35.5. The van der Waals surface area contributed by atoms with Crippen LogP contribution in [0.1, 0.15) is 13.8 Å². The standard InChI is InChI=1S/C13H14ClN3O4S2/c1-3-23(19,20)13-17-16-12(22-13)15-11(18)8(2)21-10-7-5-4-6-9(10)14/h4-8H,3H2,1-2H3,(H,15,16,18). The number of halogens is 1. The molecule has 1 heterocycles. The van der Waals surface area contributed by atoms with Crippen LogP contribution >= 0.6 is 22.9 Å². The average molecular weight is 376 g/mol. The van der Waals surface area contributed by atoms with E-state index >= 15 is 0 Å². The summed E-state index contributed by atoms with van der Waals surface area (Å²) in [5.74, 6) is -0.188. The molecule has 0 aliphatic rings. The normalized spacial score (nSPS) is 12.7. The van der Waals surface area contributed by atoms with E-state index < -0.39 is 21.8 Å². The summed E-state index contributed by atoms with van der Waals surface area (Å²) in [6.45, 7) is 3.05. The summed E-state index contributed by atoms with van der Waals surface area (Å²) in [4.78, 5) is 12.1. The van der Waals surface area contributed by atoms with Gasteiger partial charge in [-0.25, -0.2) is 8.42 Å². The smallest absolute Gasteiger partial charge is 0.266 e. The van der Waals surface area contributed by atoms with Crippen molar-refractivity contribution >= 4 is 43.8 Å². The molecular formula is C13H14ClN3O4S2. The summed E-state index contributed by atoms with van der Waals surface area (Å²) < 4.78 is 28.7. The molecule has 0 bridgehead atoms. The van der Waals surface area contributed by atoms with Crippen molar-refractivity contribution in [1.82, 2.24) is 10.2 Å². The highest BCUT2D eigenvalue weighted by Crippen LogP contribution is 2.25. The predicted octanol–water partition coefficient (Wildman–Crippen LogP) is 2.39. The molecule has 2 rings (SSSR count). The van der Waals surface area contributed by atoms with E-state index in [4.69, 9.17) is 16.3 Å². The van der Waals surface area contributed by atoms with E-state index in [0.717, 1.165) is 11.3 Å². The van der Waals surface area contributed by atoms with Gasteiger partial charge in [-0.05, 0) is 19.1 Å². The molecule has 0 aliphatic heterocycles. The molecule has 1 aromatic carbocycles. The maximum Gasteiger partial charge on any atom is 0.266 e. The number of nitrogens with one attached hydrogen (secondary N) is 1. The van der Waals surface area contributed by atoms with Crippen molar-refractivity contribution in [2.45, 2.75) is 24.3 Å². The van der Waals surface area contributed by atoms with Crippen LogP contribution < -0.4 is 10.1 Å². The first-order valence-electron chi connectivity index (χ1n) is 6.62. The van der Waals surface area contributed by atoms with Gasteiger partial charge in [0.25, 0.3) is 5.91 Å². The van der Waals surface area contributed by atoms with Crippen molar-refractivity contribution in [2.75, 3.05) is 11.1 Å². The van der Waals surface area contributed by atoms with Gasteiger partial charge >= 0.3 is 0 Å². The Bertz CT molecular complexity index is 807. The van der Waals surface area contributed by atoms with Gasteiger partial charge in [0.1, 0.15) is 5.75 Å². The molecule has 7 nitrogen and oxygen atoms in total. The lowest BCUT2D eigenvalue weighted by Crippen LogP contribution is -2.30. The highest BCUT2D eigenvalue weighted by molar-refractivity contribution is 7.93. The van der Waals surface area contributed by atoms with Gasteiger partial charge in [0.05, 0.1) is 10.8 Å². The van der Waals surface area contributed by atoms with Gasteiger partial charge in [-0.3, -0.25) is 10.1 Å². The molecule has 0 spiro atoms. The summed E-state index contributed by atoms with van der Waals surface area (Å²) in [6.07, 6.45) is -0.843. The number of benzene rings is 1. The molecule has 1 aromatic heterocycles. The van der Waals surface area contributed by atoms with Crippen molar-refractivity contribution < 1.29 is 17.9 Å². The lowest BCUT2D eigenvalue weighted by molar-refractivity contribution is -0.122. The minimum absolute atomic E-state index is 0.0817. The quantitative estimate of drug-likeness (QED) is 0.778. The molecular weight excluding hydrogens is 362 g/mol. The van der Waals surface area contributed by atoms with Crippen LogP contribution in [0.15, 0.2) is 28.6 Å². The lowest BCUT2D eigenvalue weighted by atomic mass is 10.3. The maximum atomic E-state index is 12.1. The molecule has 2 aromatic rings. The van der Waals surface area contributed by atoms with Crippen LogP contribution in [-0.4, -0.2) is 36.4 Å². The number of rotatable bonds is 6. The minimum atomic E-state index is -3.44. The topological polar surface area (TPSA) is 98.3 Å². The SMILES string of the molecule is CCS(=O)(=O)c1nnc(NC(=O)C(C)Oc2ccccc2Cl)s1. The number of amides is 1. The summed E-state index contributed by atoms with van der Waals surface area (Å²) in [6, 6.07) is 6.77. The number of carbonyl (C=O) groups is 1. The number of hydrogen-bond acceptors (Lipinski definition) is 7. The zero-order chi connectivity index (χ0) is 17.0. The second kappa shape index (κ2) is 7.24. The Morgan fingerprint density at radius 3 is 2.74 bits per heavy atom. The van der Waals surface area contributed by atoms with E-state index in [9.17, 15) is 13.2 Å². The van der Waals surface area contributed by atoms with Gasteiger partial charge in [-0.15, -0.1) is 10.2 Å². The fraction of sp³-hybridized carbons (Fsp3) is 0.308. The van der Waals surface area contributed by atoms with Gasteiger partial charge in [0.15, 0.2) is 6.10 Å². The van der Waals surface area contributed by atoms with E-state index in [2.05, 4.69) is 15.5 Å². The third-order valence-electron chi connectivity index (χ3n) is 2.79. The summed E-state index contributed by atoms with van der Waals surface area (Å²) in [7, 11) is -3.44. The summed E-state index contributed by atoms with van der Waals surface area (Å²) >= 11 is 6.75. The first-order chi connectivity index (χ1) is 10.8. The Morgan fingerprint density at radius 1 is 1.39 bits per heavy atom. The Kier molecular flexibility index (Phi) is 5.55. The van der Waals surface area contributed by atoms with E-state index in [1.54, 1.807) is 31.2 Å². The Labute approximate surface area is 142 Å². The van der Waals surface area contributed by atoms with Gasteiger partial charge in [0.2, 0.25) is 19.3 Å².